The van der Waals surface area contributed by atoms with Gasteiger partial charge in [-0.15, -0.1) is 0 Å². The molecule has 448 valence electrons. The molecule has 0 radical (unpaired) electrons. The third kappa shape index (κ3) is 26.7. The van der Waals surface area contributed by atoms with E-state index in [1.807, 2.05) is 0 Å². The zero-order valence-electron chi connectivity index (χ0n) is 45.5. The Morgan fingerprint density at radius 3 is 1.54 bits per heavy atom. The number of aliphatic imine (C=N–C) groups is 1. The lowest BCUT2D eigenvalue weighted by atomic mass is 9.99. The standard InChI is InChI=1S/C47H78N16O17/c1-20(2)11-27(61-45(78)36(22(5)6)62-43(76)30(15-32(49)65)57-38(71)25(48)14-34(67)68)39(72)60-31(16-35(69)70)41(74)59-29(13-24-17-52-19-55-24)40(73)58-28(12-21(3)4)42(75)63-37(23(7)64)44(77)54-18-33(66)56-26(46(79)80)9-8-10-53-47(50)51/h17,19-23,25-31,36-37,64H,8-16,18,48H2,1-7H3,(H2,49,65)(H,52,55)(H,54,77)(H,56,66)(H,57,71)(H,58,73)(H,59,74)(H,60,72)(H,61,78)(H,62,76)(H,63,75)(H,67,68)(H,69,70)(H,79,80)(H4,50,51,53)/t23-,25+,26+,27+,28+,29+,30+,31+,36+,37+/m1/s1. The molecule has 80 heavy (non-hydrogen) atoms. The molecule has 10 amide bonds. The average molecular weight is 1140 g/mol. The van der Waals surface area contributed by atoms with Crippen LogP contribution in [0.15, 0.2) is 17.5 Å². The fourth-order valence-electron chi connectivity index (χ4n) is 7.40. The lowest BCUT2D eigenvalue weighted by Crippen LogP contribution is -2.62. The number of primary amides is 1. The molecule has 10 atom stereocenters. The van der Waals surface area contributed by atoms with Gasteiger partial charge in [0.1, 0.15) is 48.3 Å². The van der Waals surface area contributed by atoms with Crippen molar-refractivity contribution in [3.05, 3.63) is 18.2 Å². The lowest BCUT2D eigenvalue weighted by Gasteiger charge is -2.29. The van der Waals surface area contributed by atoms with Gasteiger partial charge in [-0.05, 0) is 50.4 Å². The number of aliphatic carboxylic acids is 3. The maximum atomic E-state index is 14.2. The number of hydrogen-bond acceptors (Lipinski definition) is 17. The van der Waals surface area contributed by atoms with Crippen LogP contribution in [0.4, 0.5) is 0 Å². The van der Waals surface area contributed by atoms with E-state index in [0.29, 0.717) is 0 Å². The van der Waals surface area contributed by atoms with Crippen LogP contribution in [-0.2, 0) is 68.7 Å². The van der Waals surface area contributed by atoms with E-state index in [4.69, 9.17) is 28.0 Å². The Hall–Kier alpha value is -8.49. The van der Waals surface area contributed by atoms with Crippen molar-refractivity contribution in [1.82, 2.24) is 57.8 Å². The minimum atomic E-state index is -1.94. The molecule has 22 N–H and O–H groups in total. The summed E-state index contributed by atoms with van der Waals surface area (Å²) >= 11 is 0. The molecule has 33 heteroatoms. The topological polar surface area (TPSA) is 556 Å². The number of aliphatic hydroxyl groups excluding tert-OH is 1. The molecule has 33 nitrogen and oxygen atoms in total. The SMILES string of the molecule is CC(C)C[C@H](NC(=O)[C@H](Cc1cnc[nH]1)NC(=O)[C@H](CC(=O)O)NC(=O)[C@H](CC(C)C)NC(=O)[C@@H](NC(=O)[C@H](CC(N)=O)NC(=O)[C@@H](N)CC(=O)O)C(C)C)C(=O)N[C@H](C(=O)NCC(=O)N[C@@H](CCCN=C(N)N)C(=O)O)[C@@H](C)O. The number of rotatable bonds is 37. The van der Waals surface area contributed by atoms with E-state index in [1.165, 1.54) is 26.4 Å². The van der Waals surface area contributed by atoms with Gasteiger partial charge in [0, 0.05) is 24.9 Å². The van der Waals surface area contributed by atoms with Crippen LogP contribution in [-0.4, -0.2) is 187 Å². The molecule has 0 saturated carbocycles. The highest BCUT2D eigenvalue weighted by Gasteiger charge is 2.37. The van der Waals surface area contributed by atoms with Gasteiger partial charge in [0.2, 0.25) is 59.1 Å². The Labute approximate surface area is 459 Å². The number of guanidine groups is 1. The highest BCUT2D eigenvalue weighted by Crippen LogP contribution is 2.12. The maximum absolute atomic E-state index is 14.2. The van der Waals surface area contributed by atoms with Crippen molar-refractivity contribution < 1.29 is 82.8 Å². The number of carbonyl (C=O) groups excluding carboxylic acids is 10. The van der Waals surface area contributed by atoms with Crippen molar-refractivity contribution in [3.8, 4) is 0 Å². The number of hydrogen-bond donors (Lipinski definition) is 18. The van der Waals surface area contributed by atoms with Gasteiger partial charge in [0.25, 0.3) is 0 Å². The van der Waals surface area contributed by atoms with E-state index in [9.17, 15) is 77.6 Å². The predicted molar refractivity (Wildman–Crippen MR) is 280 cm³/mol. The van der Waals surface area contributed by atoms with E-state index in [2.05, 4.69) is 62.8 Å². The second kappa shape index (κ2) is 34.4. The van der Waals surface area contributed by atoms with E-state index >= 15 is 0 Å². The monoisotopic (exact) mass is 1140 g/mol. The van der Waals surface area contributed by atoms with Crippen molar-refractivity contribution in [2.45, 2.75) is 160 Å². The Morgan fingerprint density at radius 1 is 0.575 bits per heavy atom. The summed E-state index contributed by atoms with van der Waals surface area (Å²) in [4.78, 5) is 179. The first-order valence-electron chi connectivity index (χ1n) is 25.3. The number of carboxylic acids is 3. The predicted octanol–water partition coefficient (Wildman–Crippen LogP) is -6.63. The molecule has 0 bridgehead atoms. The number of aliphatic hydroxyl groups is 1. The molecule has 0 saturated heterocycles. The van der Waals surface area contributed by atoms with Gasteiger partial charge < -0.3 is 96.2 Å². The number of carboxylic acid groups (broad SMARTS) is 3. The van der Waals surface area contributed by atoms with Crippen molar-refractivity contribution in [2.75, 3.05) is 13.1 Å². The molecular formula is C47H78N16O17. The normalized spacial score (nSPS) is 14.8. The van der Waals surface area contributed by atoms with Crippen molar-refractivity contribution in [2.24, 2.45) is 45.7 Å². The zero-order valence-corrected chi connectivity index (χ0v) is 45.5. The Kier molecular flexibility index (Phi) is 29.9. The van der Waals surface area contributed by atoms with E-state index in [0.717, 1.165) is 6.92 Å². The molecule has 1 aromatic heterocycles. The molecule has 0 aliphatic heterocycles. The number of nitrogens with two attached hydrogens (primary N) is 4. The molecule has 0 aliphatic rings. The number of imidazole rings is 1. The van der Waals surface area contributed by atoms with Crippen molar-refractivity contribution in [1.29, 1.82) is 0 Å². The van der Waals surface area contributed by atoms with E-state index in [1.54, 1.807) is 27.7 Å². The first-order valence-corrected chi connectivity index (χ1v) is 25.3. The van der Waals surface area contributed by atoms with Gasteiger partial charge in [-0.3, -0.25) is 62.5 Å². The zero-order chi connectivity index (χ0) is 61.1. The summed E-state index contributed by atoms with van der Waals surface area (Å²) in [5.74, 6) is -16.7. The Bertz CT molecular complexity index is 2360. The minimum absolute atomic E-state index is 0.0762. The molecule has 1 heterocycles. The fraction of sp³-hybridized carbons (Fsp3) is 0.638. The minimum Gasteiger partial charge on any atom is -0.481 e. The van der Waals surface area contributed by atoms with Gasteiger partial charge in [-0.1, -0.05) is 41.5 Å². The van der Waals surface area contributed by atoms with Crippen LogP contribution in [0.2, 0.25) is 0 Å². The summed E-state index contributed by atoms with van der Waals surface area (Å²) in [5, 5.41) is 60.0. The highest BCUT2D eigenvalue weighted by atomic mass is 16.4. The van der Waals surface area contributed by atoms with Gasteiger partial charge in [0.05, 0.1) is 44.3 Å². The summed E-state index contributed by atoms with van der Waals surface area (Å²) < 4.78 is 0. The average Bonchev–Trinajstić information content (AvgIpc) is 3.85. The third-order valence-corrected chi connectivity index (χ3v) is 11.4. The lowest BCUT2D eigenvalue weighted by molar-refractivity contribution is -0.142. The van der Waals surface area contributed by atoms with Crippen molar-refractivity contribution >= 4 is 82.9 Å². The van der Waals surface area contributed by atoms with Gasteiger partial charge in [-0.25, -0.2) is 9.78 Å². The molecular weight excluding hydrogens is 1060 g/mol. The number of H-pyrrole nitrogens is 1. The highest BCUT2D eigenvalue weighted by molar-refractivity contribution is 6.00. The quantitative estimate of drug-likeness (QED) is 0.0167. The molecule has 0 fully saturated rings. The summed E-state index contributed by atoms with van der Waals surface area (Å²) in [6.07, 6.45) is -2.27. The van der Waals surface area contributed by atoms with E-state index in [-0.39, 0.29) is 62.1 Å². The van der Waals surface area contributed by atoms with Crippen LogP contribution >= 0.6 is 0 Å². The smallest absolute Gasteiger partial charge is 0.326 e. The molecule has 0 unspecified atom stereocenters. The Morgan fingerprint density at radius 2 is 1.05 bits per heavy atom. The van der Waals surface area contributed by atoms with Crippen LogP contribution in [0.3, 0.4) is 0 Å². The van der Waals surface area contributed by atoms with Crippen molar-refractivity contribution in [3.63, 3.8) is 0 Å². The van der Waals surface area contributed by atoms with E-state index < -0.39 is 169 Å². The second-order valence-corrected chi connectivity index (χ2v) is 19.9. The number of aromatic nitrogens is 2. The summed E-state index contributed by atoms with van der Waals surface area (Å²) in [6.45, 7) is 10.1. The number of aromatic amines is 1. The summed E-state index contributed by atoms with van der Waals surface area (Å²) in [5.41, 5.74) is 21.7. The van der Waals surface area contributed by atoms with Crippen LogP contribution in [0, 0.1) is 17.8 Å². The third-order valence-electron chi connectivity index (χ3n) is 11.4. The first-order chi connectivity index (χ1) is 37.2. The van der Waals surface area contributed by atoms with Crippen LogP contribution in [0.5, 0.6) is 0 Å². The van der Waals surface area contributed by atoms with Gasteiger partial charge in [-0.2, -0.15) is 0 Å². The number of carbonyl (C=O) groups is 13. The van der Waals surface area contributed by atoms with Crippen LogP contribution in [0.25, 0.3) is 0 Å². The first kappa shape index (κ1) is 69.5. The summed E-state index contributed by atoms with van der Waals surface area (Å²) in [7, 11) is 0. The summed E-state index contributed by atoms with van der Waals surface area (Å²) in [6, 6.07) is -14.6. The molecule has 0 aromatic carbocycles. The Balaban J connectivity index is 3.43. The largest absolute Gasteiger partial charge is 0.481 e. The molecule has 0 spiro atoms. The fourth-order valence-corrected chi connectivity index (χ4v) is 7.40. The molecule has 1 aromatic rings. The number of nitrogens with one attached hydrogen (secondary N) is 10. The molecule has 0 aliphatic carbocycles. The van der Waals surface area contributed by atoms with Crippen LogP contribution < -0.4 is 70.8 Å². The second-order valence-electron chi connectivity index (χ2n) is 19.9. The maximum Gasteiger partial charge on any atom is 0.326 e. The number of nitrogens with zero attached hydrogens (tertiary/aromatic N) is 2. The molecule has 1 rings (SSSR count). The van der Waals surface area contributed by atoms with Gasteiger partial charge >= 0.3 is 17.9 Å². The number of amides is 10. The van der Waals surface area contributed by atoms with Crippen LogP contribution in [0.1, 0.15) is 99.1 Å². The van der Waals surface area contributed by atoms with Gasteiger partial charge in [0.15, 0.2) is 5.96 Å².